The maximum atomic E-state index is 8.96. The van der Waals surface area contributed by atoms with Crippen LogP contribution in [0.25, 0.3) is 0 Å². The van der Waals surface area contributed by atoms with E-state index in [1.807, 2.05) is 0 Å². The quantitative estimate of drug-likeness (QED) is 0.913. The number of nitrogens with one attached hydrogen (secondary N) is 1. The number of nitriles is 1. The van der Waals surface area contributed by atoms with Gasteiger partial charge in [-0.2, -0.15) is 5.26 Å². The van der Waals surface area contributed by atoms with E-state index in [1.165, 1.54) is 11.3 Å². The maximum Gasteiger partial charge on any atom is 0.0643 e. The molecule has 0 bridgehead atoms. The van der Waals surface area contributed by atoms with Gasteiger partial charge in [-0.1, -0.05) is 15.9 Å². The number of rotatable bonds is 2. The van der Waals surface area contributed by atoms with Gasteiger partial charge in [-0.25, -0.2) is 0 Å². The van der Waals surface area contributed by atoms with Crippen molar-refractivity contribution in [1.82, 2.24) is 5.32 Å². The molecular formula is C14H18BrN3. The largest absolute Gasteiger partial charge is 0.366 e. The molecule has 0 spiro atoms. The van der Waals surface area contributed by atoms with Crippen molar-refractivity contribution in [2.24, 2.45) is 0 Å². The summed E-state index contributed by atoms with van der Waals surface area (Å²) < 4.78 is 1.14. The van der Waals surface area contributed by atoms with E-state index in [4.69, 9.17) is 5.26 Å². The molecule has 96 valence electrons. The lowest BCUT2D eigenvalue weighted by molar-refractivity contribution is 0.597. The van der Waals surface area contributed by atoms with E-state index in [2.05, 4.69) is 57.3 Å². The molecule has 0 aromatic heterocycles. The highest BCUT2D eigenvalue weighted by Gasteiger charge is 2.21. The number of anilines is 1. The first-order valence-electron chi connectivity index (χ1n) is 6.33. The van der Waals surface area contributed by atoms with Gasteiger partial charge in [0.2, 0.25) is 0 Å². The van der Waals surface area contributed by atoms with Gasteiger partial charge in [0, 0.05) is 23.2 Å². The van der Waals surface area contributed by atoms with Crippen molar-refractivity contribution in [2.45, 2.75) is 25.8 Å². The number of aryl methyl sites for hydroxylation is 1. The summed E-state index contributed by atoms with van der Waals surface area (Å²) in [7, 11) is 0. The van der Waals surface area contributed by atoms with Gasteiger partial charge in [-0.05, 0) is 43.7 Å². The Kier molecular flexibility index (Phi) is 4.62. The van der Waals surface area contributed by atoms with Crippen LogP contribution in [0.2, 0.25) is 0 Å². The molecule has 4 heteroatoms. The topological polar surface area (TPSA) is 39.1 Å². The van der Waals surface area contributed by atoms with Gasteiger partial charge < -0.3 is 10.2 Å². The van der Waals surface area contributed by atoms with Gasteiger partial charge >= 0.3 is 0 Å². The van der Waals surface area contributed by atoms with Gasteiger partial charge in [-0.3, -0.25) is 0 Å². The molecule has 3 nitrogen and oxygen atoms in total. The van der Waals surface area contributed by atoms with Crippen LogP contribution >= 0.6 is 15.9 Å². The van der Waals surface area contributed by atoms with Gasteiger partial charge in [0.25, 0.3) is 0 Å². The Hall–Kier alpha value is -1.05. The normalized spacial score (nSPS) is 20.3. The second-order valence-corrected chi connectivity index (χ2v) is 5.55. The first-order chi connectivity index (χ1) is 8.72. The van der Waals surface area contributed by atoms with Crippen molar-refractivity contribution in [3.63, 3.8) is 0 Å². The van der Waals surface area contributed by atoms with Crippen LogP contribution in [0.15, 0.2) is 22.7 Å². The molecule has 18 heavy (non-hydrogen) atoms. The van der Waals surface area contributed by atoms with E-state index in [9.17, 15) is 0 Å². The molecule has 2 rings (SSSR count). The molecule has 1 heterocycles. The molecule has 1 N–H and O–H groups in total. The fraction of sp³-hybridized carbons (Fsp3) is 0.500. The Bertz CT molecular complexity index is 453. The minimum Gasteiger partial charge on any atom is -0.366 e. The summed E-state index contributed by atoms with van der Waals surface area (Å²) in [6.45, 7) is 5.04. The predicted molar refractivity (Wildman–Crippen MR) is 77.7 cm³/mol. The highest BCUT2D eigenvalue weighted by molar-refractivity contribution is 9.10. The number of hydrogen-bond donors (Lipinski definition) is 1. The van der Waals surface area contributed by atoms with Crippen molar-refractivity contribution >= 4 is 21.6 Å². The fourth-order valence-electron chi connectivity index (χ4n) is 2.37. The molecule has 0 radical (unpaired) electrons. The van der Waals surface area contributed by atoms with Crippen LogP contribution < -0.4 is 10.2 Å². The van der Waals surface area contributed by atoms with E-state index in [1.54, 1.807) is 0 Å². The number of hydrogen-bond acceptors (Lipinski definition) is 3. The average Bonchev–Trinajstić information content (AvgIpc) is 2.59. The lowest BCUT2D eigenvalue weighted by Gasteiger charge is -2.30. The first kappa shape index (κ1) is 13.4. The zero-order chi connectivity index (χ0) is 13.0. The van der Waals surface area contributed by atoms with Crippen molar-refractivity contribution in [2.75, 3.05) is 24.5 Å². The fourth-order valence-corrected chi connectivity index (χ4v) is 2.62. The highest BCUT2D eigenvalue weighted by atomic mass is 79.9. The Balaban J connectivity index is 2.26. The molecule has 1 aliphatic rings. The molecule has 1 aromatic carbocycles. The average molecular weight is 308 g/mol. The van der Waals surface area contributed by atoms with Crippen LogP contribution in [-0.2, 0) is 0 Å². The molecule has 1 aliphatic heterocycles. The second-order valence-electron chi connectivity index (χ2n) is 4.70. The molecule has 1 saturated heterocycles. The van der Waals surface area contributed by atoms with Crippen LogP contribution in [0, 0.1) is 18.3 Å². The highest BCUT2D eigenvalue weighted by Crippen LogP contribution is 2.25. The zero-order valence-electron chi connectivity index (χ0n) is 10.6. The summed E-state index contributed by atoms with van der Waals surface area (Å²) in [6.07, 6.45) is 1.69. The monoisotopic (exact) mass is 307 g/mol. The first-order valence-corrected chi connectivity index (χ1v) is 7.12. The third kappa shape index (κ3) is 3.04. The van der Waals surface area contributed by atoms with E-state index >= 15 is 0 Å². The van der Waals surface area contributed by atoms with Crippen LogP contribution in [-0.4, -0.2) is 25.7 Å². The predicted octanol–water partition coefficient (Wildman–Crippen LogP) is 2.84. The number of halogens is 1. The van der Waals surface area contributed by atoms with E-state index in [0.29, 0.717) is 6.42 Å². The van der Waals surface area contributed by atoms with Crippen LogP contribution in [0.5, 0.6) is 0 Å². The summed E-state index contributed by atoms with van der Waals surface area (Å²) in [5, 5.41) is 12.4. The number of nitrogens with zero attached hydrogens (tertiary/aromatic N) is 2. The summed E-state index contributed by atoms with van der Waals surface area (Å²) in [4.78, 5) is 2.36. The summed E-state index contributed by atoms with van der Waals surface area (Å²) in [5.74, 6) is 0. The van der Waals surface area contributed by atoms with E-state index in [-0.39, 0.29) is 6.04 Å². The minimum absolute atomic E-state index is 0.276. The second kappa shape index (κ2) is 6.21. The number of benzene rings is 1. The van der Waals surface area contributed by atoms with E-state index < -0.39 is 0 Å². The SMILES string of the molecule is Cc1cc(N2CCCNCC2CC#N)ccc1Br. The van der Waals surface area contributed by atoms with Crippen molar-refractivity contribution in [3.05, 3.63) is 28.2 Å². The van der Waals surface area contributed by atoms with Crippen molar-refractivity contribution < 1.29 is 0 Å². The lowest BCUT2D eigenvalue weighted by Crippen LogP contribution is -2.39. The van der Waals surface area contributed by atoms with Crippen LogP contribution in [0.3, 0.4) is 0 Å². The Morgan fingerprint density at radius 1 is 1.56 bits per heavy atom. The summed E-state index contributed by atoms with van der Waals surface area (Å²) >= 11 is 3.53. The standard InChI is InChI=1S/C14H18BrN3/c1-11-9-12(3-4-14(11)15)18-8-2-7-17-10-13(18)5-6-16/h3-4,9,13,17H,2,5,7-8,10H2,1H3. The molecular weight excluding hydrogens is 290 g/mol. The molecule has 1 unspecified atom stereocenters. The van der Waals surface area contributed by atoms with E-state index in [0.717, 1.165) is 30.5 Å². The molecule has 1 aromatic rings. The third-order valence-corrected chi connectivity index (χ3v) is 4.26. The molecule has 1 fully saturated rings. The van der Waals surface area contributed by atoms with Gasteiger partial charge in [0.05, 0.1) is 18.5 Å². The summed E-state index contributed by atoms with van der Waals surface area (Å²) in [6, 6.07) is 8.99. The molecule has 1 atom stereocenters. The summed E-state index contributed by atoms with van der Waals surface area (Å²) in [5.41, 5.74) is 2.46. The third-order valence-electron chi connectivity index (χ3n) is 3.37. The smallest absolute Gasteiger partial charge is 0.0643 e. The van der Waals surface area contributed by atoms with Crippen LogP contribution in [0.1, 0.15) is 18.4 Å². The van der Waals surface area contributed by atoms with Gasteiger partial charge in [0.15, 0.2) is 0 Å². The van der Waals surface area contributed by atoms with Crippen LogP contribution in [0.4, 0.5) is 5.69 Å². The van der Waals surface area contributed by atoms with Crippen molar-refractivity contribution in [1.29, 1.82) is 5.26 Å². The Morgan fingerprint density at radius 2 is 2.39 bits per heavy atom. The zero-order valence-corrected chi connectivity index (χ0v) is 12.2. The van der Waals surface area contributed by atoms with Gasteiger partial charge in [-0.15, -0.1) is 0 Å². The maximum absolute atomic E-state index is 8.96. The minimum atomic E-state index is 0.276. The Morgan fingerprint density at radius 3 is 3.11 bits per heavy atom. The molecule has 0 aliphatic carbocycles. The van der Waals surface area contributed by atoms with Gasteiger partial charge in [0.1, 0.15) is 0 Å². The lowest BCUT2D eigenvalue weighted by atomic mass is 10.1. The molecule has 0 saturated carbocycles. The Labute approximate surface area is 117 Å². The van der Waals surface area contributed by atoms with Crippen molar-refractivity contribution in [3.8, 4) is 6.07 Å². The molecule has 0 amide bonds.